The molecule has 2 aromatic carbocycles. The summed E-state index contributed by atoms with van der Waals surface area (Å²) in [6.45, 7) is 2.52. The minimum atomic E-state index is -0.478. The first kappa shape index (κ1) is 15.3. The van der Waals surface area contributed by atoms with Crippen LogP contribution in [0.3, 0.4) is 0 Å². The molecule has 0 N–H and O–H groups in total. The summed E-state index contributed by atoms with van der Waals surface area (Å²) in [6, 6.07) is 14.4. The maximum atomic E-state index is 12.0. The van der Waals surface area contributed by atoms with Crippen LogP contribution in [0.25, 0.3) is 6.08 Å². The number of hydrogen-bond acceptors (Lipinski definition) is 4. The molecule has 0 unspecified atom stereocenters. The van der Waals surface area contributed by atoms with Crippen LogP contribution in [0.15, 0.2) is 59.2 Å². The van der Waals surface area contributed by atoms with Gasteiger partial charge in [-0.2, -0.15) is 0 Å². The number of hydrogen-bond donors (Lipinski definition) is 0. The number of esters is 1. The predicted octanol–water partition coefficient (Wildman–Crippen LogP) is 4.08. The van der Waals surface area contributed by atoms with Crippen LogP contribution < -0.4 is 4.74 Å². The van der Waals surface area contributed by atoms with Crippen LogP contribution in [-0.2, 0) is 9.53 Å². The van der Waals surface area contributed by atoms with E-state index in [2.05, 4.69) is 4.99 Å². The van der Waals surface area contributed by atoms with Gasteiger partial charge >= 0.3 is 5.97 Å². The highest BCUT2D eigenvalue weighted by Crippen LogP contribution is 2.21. The zero-order valence-electron chi connectivity index (χ0n) is 12.5. The Hall–Kier alpha value is -2.59. The van der Waals surface area contributed by atoms with Crippen molar-refractivity contribution in [1.82, 2.24) is 0 Å². The second kappa shape index (κ2) is 6.67. The molecule has 0 aliphatic carbocycles. The summed E-state index contributed by atoms with van der Waals surface area (Å²) in [5.74, 6) is 0.566. The number of aliphatic imine (C=N–C) groups is 1. The molecule has 0 atom stereocenters. The summed E-state index contributed by atoms with van der Waals surface area (Å²) in [6.07, 6.45) is 1.65. The summed E-state index contributed by atoms with van der Waals surface area (Å²) in [5.41, 5.74) is 1.76. The van der Waals surface area contributed by atoms with E-state index in [-0.39, 0.29) is 11.6 Å². The van der Waals surface area contributed by atoms with Gasteiger partial charge in [-0.1, -0.05) is 23.7 Å². The Morgan fingerprint density at radius 3 is 2.70 bits per heavy atom. The number of nitrogens with zero attached hydrogens (tertiary/aromatic N) is 1. The van der Waals surface area contributed by atoms with Crippen molar-refractivity contribution < 1.29 is 14.3 Å². The van der Waals surface area contributed by atoms with E-state index in [1.54, 1.807) is 30.3 Å². The fraction of sp³-hybridized carbons (Fsp3) is 0.111. The van der Waals surface area contributed by atoms with Gasteiger partial charge in [-0.15, -0.1) is 0 Å². The SMILES string of the molecule is CCOc1ccc(C2=N/C(=C/c3cccc(Cl)c3)C(=O)O2)cc1. The molecule has 1 heterocycles. The number of carbonyl (C=O) groups excluding carboxylic acids is 1. The van der Waals surface area contributed by atoms with Gasteiger partial charge in [0.15, 0.2) is 5.70 Å². The van der Waals surface area contributed by atoms with Crippen LogP contribution >= 0.6 is 11.6 Å². The first-order valence-corrected chi connectivity index (χ1v) is 7.55. The van der Waals surface area contributed by atoms with Crippen molar-refractivity contribution in [1.29, 1.82) is 0 Å². The van der Waals surface area contributed by atoms with Crippen LogP contribution in [0.5, 0.6) is 5.75 Å². The molecule has 0 bridgehead atoms. The molecule has 0 fully saturated rings. The van der Waals surface area contributed by atoms with Gasteiger partial charge in [0, 0.05) is 10.6 Å². The third kappa shape index (κ3) is 3.60. The average molecular weight is 328 g/mol. The van der Waals surface area contributed by atoms with Gasteiger partial charge in [0.1, 0.15) is 5.75 Å². The smallest absolute Gasteiger partial charge is 0.363 e. The van der Waals surface area contributed by atoms with Crippen LogP contribution in [0.4, 0.5) is 0 Å². The van der Waals surface area contributed by atoms with Crippen molar-refractivity contribution in [2.24, 2.45) is 4.99 Å². The van der Waals surface area contributed by atoms with E-state index in [0.29, 0.717) is 11.6 Å². The van der Waals surface area contributed by atoms with Gasteiger partial charge in [0.2, 0.25) is 5.90 Å². The monoisotopic (exact) mass is 327 g/mol. The summed E-state index contributed by atoms with van der Waals surface area (Å²) in [7, 11) is 0. The van der Waals surface area contributed by atoms with Gasteiger partial charge in [-0.3, -0.25) is 0 Å². The Morgan fingerprint density at radius 2 is 2.00 bits per heavy atom. The quantitative estimate of drug-likeness (QED) is 0.628. The molecule has 0 amide bonds. The highest BCUT2D eigenvalue weighted by molar-refractivity contribution is 6.30. The van der Waals surface area contributed by atoms with E-state index in [1.807, 2.05) is 31.2 Å². The topological polar surface area (TPSA) is 47.9 Å². The Balaban J connectivity index is 1.86. The molecule has 116 valence electrons. The minimum Gasteiger partial charge on any atom is -0.494 e. The van der Waals surface area contributed by atoms with Gasteiger partial charge < -0.3 is 9.47 Å². The highest BCUT2D eigenvalue weighted by atomic mass is 35.5. The van der Waals surface area contributed by atoms with E-state index < -0.39 is 5.97 Å². The largest absolute Gasteiger partial charge is 0.494 e. The second-order valence-electron chi connectivity index (χ2n) is 4.85. The van der Waals surface area contributed by atoms with E-state index in [1.165, 1.54) is 0 Å². The van der Waals surface area contributed by atoms with Gasteiger partial charge in [0.05, 0.1) is 6.61 Å². The summed E-state index contributed by atoms with van der Waals surface area (Å²) < 4.78 is 10.6. The first-order valence-electron chi connectivity index (χ1n) is 7.17. The molecule has 0 saturated carbocycles. The van der Waals surface area contributed by atoms with Crippen molar-refractivity contribution >= 4 is 29.5 Å². The zero-order valence-corrected chi connectivity index (χ0v) is 13.2. The molecule has 3 rings (SSSR count). The van der Waals surface area contributed by atoms with Crippen molar-refractivity contribution in [2.75, 3.05) is 6.61 Å². The Labute approximate surface area is 139 Å². The maximum Gasteiger partial charge on any atom is 0.363 e. The fourth-order valence-electron chi connectivity index (χ4n) is 2.15. The van der Waals surface area contributed by atoms with Crippen molar-refractivity contribution in [2.45, 2.75) is 6.92 Å². The molecule has 2 aromatic rings. The molecule has 1 aliphatic heterocycles. The molecule has 23 heavy (non-hydrogen) atoms. The summed E-state index contributed by atoms with van der Waals surface area (Å²) in [4.78, 5) is 16.2. The molecule has 1 aliphatic rings. The lowest BCUT2D eigenvalue weighted by molar-refractivity contribution is -0.129. The van der Waals surface area contributed by atoms with E-state index >= 15 is 0 Å². The highest BCUT2D eigenvalue weighted by Gasteiger charge is 2.24. The first-order chi connectivity index (χ1) is 11.2. The van der Waals surface area contributed by atoms with Crippen molar-refractivity contribution in [3.05, 3.63) is 70.4 Å². The fourth-order valence-corrected chi connectivity index (χ4v) is 2.35. The van der Waals surface area contributed by atoms with E-state index in [0.717, 1.165) is 16.9 Å². The van der Waals surface area contributed by atoms with E-state index in [9.17, 15) is 4.79 Å². The Bertz CT molecular complexity index is 794. The molecule has 5 heteroatoms. The number of carbonyl (C=O) groups is 1. The number of ether oxygens (including phenoxy) is 2. The van der Waals surface area contributed by atoms with Crippen LogP contribution in [0.1, 0.15) is 18.1 Å². The second-order valence-corrected chi connectivity index (χ2v) is 5.28. The average Bonchev–Trinajstić information content (AvgIpc) is 2.89. The standard InChI is InChI=1S/C18H14ClNO3/c1-2-22-15-8-6-13(7-9-15)17-20-16(18(21)23-17)11-12-4-3-5-14(19)10-12/h3-11H,2H2,1H3/b16-11+. The van der Waals surface area contributed by atoms with Gasteiger partial charge in [-0.05, 0) is 55.0 Å². The van der Waals surface area contributed by atoms with Crippen LogP contribution in [0.2, 0.25) is 5.02 Å². The van der Waals surface area contributed by atoms with Crippen LogP contribution in [-0.4, -0.2) is 18.5 Å². The lowest BCUT2D eigenvalue weighted by atomic mass is 10.2. The summed E-state index contributed by atoms with van der Waals surface area (Å²) in [5, 5.41) is 0.599. The molecule has 0 radical (unpaired) electrons. The Morgan fingerprint density at radius 1 is 1.22 bits per heavy atom. The molecular formula is C18H14ClNO3. The number of halogens is 1. The Kier molecular flexibility index (Phi) is 4.44. The van der Waals surface area contributed by atoms with Gasteiger partial charge in [0.25, 0.3) is 0 Å². The lowest BCUT2D eigenvalue weighted by Gasteiger charge is -2.03. The van der Waals surface area contributed by atoms with Crippen molar-refractivity contribution in [3.8, 4) is 5.75 Å². The van der Waals surface area contributed by atoms with E-state index in [4.69, 9.17) is 21.1 Å². The zero-order chi connectivity index (χ0) is 16.2. The lowest BCUT2D eigenvalue weighted by Crippen LogP contribution is -2.05. The molecule has 0 spiro atoms. The normalized spacial score (nSPS) is 15.5. The number of cyclic esters (lactones) is 1. The van der Waals surface area contributed by atoms with Crippen LogP contribution in [0, 0.1) is 0 Å². The predicted molar refractivity (Wildman–Crippen MR) is 89.7 cm³/mol. The molecule has 0 saturated heterocycles. The maximum absolute atomic E-state index is 12.0. The van der Waals surface area contributed by atoms with Gasteiger partial charge in [-0.25, -0.2) is 9.79 Å². The van der Waals surface area contributed by atoms with Crippen molar-refractivity contribution in [3.63, 3.8) is 0 Å². The third-order valence-electron chi connectivity index (χ3n) is 3.18. The molecule has 0 aromatic heterocycles. The molecular weight excluding hydrogens is 314 g/mol. The summed E-state index contributed by atoms with van der Waals surface area (Å²) >= 11 is 5.94. The minimum absolute atomic E-state index is 0.246. The third-order valence-corrected chi connectivity index (χ3v) is 3.42. The number of benzene rings is 2. The number of rotatable bonds is 4. The molecule has 4 nitrogen and oxygen atoms in total.